The standard InChI is InChI=1S/C21H16BrN3O3S/c1-12-16(15-4-2-3-5-17(15)23-12)10-18-20(27)25(21(28)29-18)11-19(26)24-14-8-6-13(22)7-9-14/h2-10,27H,11H2,1H3,(H,24,26). The second-order valence-electron chi connectivity index (χ2n) is 6.47. The summed E-state index contributed by atoms with van der Waals surface area (Å²) in [5.41, 5.74) is 4.08. The third-order valence-corrected chi connectivity index (χ3v) is 5.92. The summed E-state index contributed by atoms with van der Waals surface area (Å²) in [4.78, 5) is 29.2. The number of hydrogen-bond donors (Lipinski definition) is 2. The molecule has 3 aromatic rings. The summed E-state index contributed by atoms with van der Waals surface area (Å²) in [7, 11) is 0. The number of aromatic hydroxyl groups is 1. The zero-order valence-electron chi connectivity index (χ0n) is 15.3. The molecule has 2 aromatic carbocycles. The van der Waals surface area contributed by atoms with E-state index < -0.39 is 10.8 Å². The summed E-state index contributed by atoms with van der Waals surface area (Å²) in [6.07, 6.45) is 1.75. The molecule has 2 heterocycles. The number of halogens is 1. The van der Waals surface area contributed by atoms with Gasteiger partial charge in [0.15, 0.2) is 0 Å². The quantitative estimate of drug-likeness (QED) is 0.582. The maximum absolute atomic E-state index is 12.4. The highest BCUT2D eigenvalue weighted by Gasteiger charge is 2.20. The van der Waals surface area contributed by atoms with E-state index in [1.54, 1.807) is 30.3 Å². The number of carbonyl (C=O) groups is 1. The maximum Gasteiger partial charge on any atom is 0.311 e. The van der Waals surface area contributed by atoms with E-state index in [1.165, 1.54) is 0 Å². The molecule has 0 radical (unpaired) electrons. The van der Waals surface area contributed by atoms with Crippen LogP contribution in [0.1, 0.15) is 17.4 Å². The minimum absolute atomic E-state index is 0.226. The number of fused-ring (bicyclic) bond motifs is 1. The lowest BCUT2D eigenvalue weighted by Crippen LogP contribution is -2.24. The lowest BCUT2D eigenvalue weighted by Gasteiger charge is -2.07. The Balaban J connectivity index is 1.59. The number of hydrogen-bond acceptors (Lipinski definition) is 5. The van der Waals surface area contributed by atoms with E-state index >= 15 is 0 Å². The lowest BCUT2D eigenvalue weighted by atomic mass is 10.0. The van der Waals surface area contributed by atoms with Crippen molar-refractivity contribution in [2.45, 2.75) is 13.5 Å². The van der Waals surface area contributed by atoms with Crippen LogP contribution in [0.25, 0.3) is 11.6 Å². The maximum atomic E-state index is 12.4. The van der Waals surface area contributed by atoms with E-state index in [0.717, 1.165) is 42.9 Å². The topological polar surface area (TPSA) is 83.7 Å². The first kappa shape index (κ1) is 19.4. The first-order valence-electron chi connectivity index (χ1n) is 8.77. The fraction of sp³-hybridized carbons (Fsp3) is 0.0952. The number of aliphatic imine (C=N–C) groups is 1. The van der Waals surface area contributed by atoms with E-state index in [9.17, 15) is 14.7 Å². The predicted octanol–water partition coefficient (Wildman–Crippen LogP) is 4.66. The molecule has 0 saturated heterocycles. The van der Waals surface area contributed by atoms with Crippen molar-refractivity contribution in [2.75, 3.05) is 5.32 Å². The summed E-state index contributed by atoms with van der Waals surface area (Å²) in [6, 6.07) is 14.8. The van der Waals surface area contributed by atoms with Gasteiger partial charge in [0.05, 0.1) is 10.6 Å². The number of benzene rings is 2. The largest absolute Gasteiger partial charge is 0.493 e. The molecule has 0 saturated carbocycles. The molecule has 0 bridgehead atoms. The predicted molar refractivity (Wildman–Crippen MR) is 120 cm³/mol. The molecule has 0 spiro atoms. The number of nitrogens with one attached hydrogen (secondary N) is 1. The number of anilines is 1. The Morgan fingerprint density at radius 1 is 1.24 bits per heavy atom. The van der Waals surface area contributed by atoms with Crippen LogP contribution < -0.4 is 10.2 Å². The van der Waals surface area contributed by atoms with Crippen molar-refractivity contribution in [3.05, 3.63) is 73.1 Å². The van der Waals surface area contributed by atoms with Gasteiger partial charge in [0.2, 0.25) is 11.8 Å². The van der Waals surface area contributed by atoms with Crippen molar-refractivity contribution in [3.63, 3.8) is 0 Å². The summed E-state index contributed by atoms with van der Waals surface area (Å²) in [5.74, 6) is -0.624. The molecular formula is C21H16BrN3O3S. The molecule has 1 amide bonds. The zero-order valence-corrected chi connectivity index (χ0v) is 17.8. The Bertz CT molecular complexity index is 1220. The molecule has 0 unspecified atom stereocenters. The van der Waals surface area contributed by atoms with Crippen molar-refractivity contribution in [1.82, 2.24) is 4.57 Å². The molecule has 6 nitrogen and oxygen atoms in total. The van der Waals surface area contributed by atoms with Gasteiger partial charge in [-0.3, -0.25) is 19.1 Å². The van der Waals surface area contributed by atoms with Gasteiger partial charge in [-0.05, 0) is 43.3 Å². The van der Waals surface area contributed by atoms with E-state index in [1.807, 2.05) is 31.2 Å². The van der Waals surface area contributed by atoms with Crippen LogP contribution in [0.4, 0.5) is 11.4 Å². The van der Waals surface area contributed by atoms with Gasteiger partial charge in [0, 0.05) is 27.0 Å². The highest BCUT2D eigenvalue weighted by Crippen LogP contribution is 2.37. The van der Waals surface area contributed by atoms with Gasteiger partial charge < -0.3 is 10.4 Å². The minimum atomic E-state index is -0.402. The van der Waals surface area contributed by atoms with Gasteiger partial charge in [-0.15, -0.1) is 0 Å². The van der Waals surface area contributed by atoms with Crippen LogP contribution >= 0.6 is 27.3 Å². The van der Waals surface area contributed by atoms with Crippen LogP contribution in [0, 0.1) is 0 Å². The van der Waals surface area contributed by atoms with Crippen LogP contribution in [0.3, 0.4) is 0 Å². The number of aromatic nitrogens is 1. The van der Waals surface area contributed by atoms with Crippen molar-refractivity contribution >= 4 is 61.9 Å². The first-order chi connectivity index (χ1) is 13.9. The molecule has 1 aromatic heterocycles. The van der Waals surface area contributed by atoms with E-state index in [-0.39, 0.29) is 12.4 Å². The lowest BCUT2D eigenvalue weighted by molar-refractivity contribution is -0.116. The van der Waals surface area contributed by atoms with Crippen molar-refractivity contribution < 1.29 is 9.90 Å². The van der Waals surface area contributed by atoms with Crippen molar-refractivity contribution in [2.24, 2.45) is 4.99 Å². The second-order valence-corrected chi connectivity index (χ2v) is 8.38. The average molecular weight is 470 g/mol. The third kappa shape index (κ3) is 3.94. The molecule has 2 N–H and O–H groups in total. The van der Waals surface area contributed by atoms with Gasteiger partial charge >= 0.3 is 4.87 Å². The highest BCUT2D eigenvalue weighted by atomic mass is 79.9. The van der Waals surface area contributed by atoms with Crippen LogP contribution in [0.2, 0.25) is 0 Å². The minimum Gasteiger partial charge on any atom is -0.493 e. The number of amides is 1. The molecule has 8 heteroatoms. The Labute approximate surface area is 179 Å². The monoisotopic (exact) mass is 469 g/mol. The first-order valence-corrected chi connectivity index (χ1v) is 10.4. The van der Waals surface area contributed by atoms with E-state index in [4.69, 9.17) is 0 Å². The third-order valence-electron chi connectivity index (χ3n) is 4.47. The summed E-state index contributed by atoms with van der Waals surface area (Å²) < 4.78 is 1.96. The van der Waals surface area contributed by atoms with Crippen molar-refractivity contribution in [1.29, 1.82) is 0 Å². The molecule has 0 atom stereocenters. The normalized spacial score (nSPS) is 14.0. The summed E-state index contributed by atoms with van der Waals surface area (Å²) in [6.45, 7) is 1.61. The Morgan fingerprint density at radius 2 is 1.97 bits per heavy atom. The van der Waals surface area contributed by atoms with Crippen LogP contribution in [0.15, 0.2) is 62.8 Å². The second kappa shape index (κ2) is 7.81. The smallest absolute Gasteiger partial charge is 0.311 e. The van der Waals surface area contributed by atoms with Crippen LogP contribution in [-0.2, 0) is 11.3 Å². The van der Waals surface area contributed by atoms with Crippen LogP contribution in [-0.4, -0.2) is 21.3 Å². The highest BCUT2D eigenvalue weighted by molar-refractivity contribution is 9.10. The van der Waals surface area contributed by atoms with Crippen molar-refractivity contribution in [3.8, 4) is 5.88 Å². The number of para-hydroxylation sites is 1. The molecule has 0 aliphatic carbocycles. The van der Waals surface area contributed by atoms with Gasteiger partial charge in [0.25, 0.3) is 0 Å². The number of carbonyl (C=O) groups excluding carboxylic acids is 1. The SMILES string of the molecule is CC1=Nc2ccccc2C1=Cc1sc(=O)n(CC(=O)Nc2ccc(Br)cc2)c1O. The zero-order chi connectivity index (χ0) is 20.5. The van der Waals surface area contributed by atoms with Gasteiger partial charge in [-0.2, -0.15) is 0 Å². The van der Waals surface area contributed by atoms with E-state index in [2.05, 4.69) is 26.2 Å². The van der Waals surface area contributed by atoms with E-state index in [0.29, 0.717) is 10.6 Å². The number of nitrogens with zero attached hydrogens (tertiary/aromatic N) is 2. The van der Waals surface area contributed by atoms with Gasteiger partial charge in [-0.1, -0.05) is 45.5 Å². The summed E-state index contributed by atoms with van der Waals surface area (Å²) >= 11 is 4.23. The van der Waals surface area contributed by atoms with Crippen LogP contribution in [0.5, 0.6) is 5.88 Å². The fourth-order valence-electron chi connectivity index (χ4n) is 3.07. The molecule has 4 rings (SSSR count). The molecule has 1 aliphatic rings. The number of allylic oxidation sites excluding steroid dienone is 1. The fourth-order valence-corrected chi connectivity index (χ4v) is 4.16. The molecular weight excluding hydrogens is 454 g/mol. The summed E-state index contributed by atoms with van der Waals surface area (Å²) in [5, 5.41) is 13.3. The Kier molecular flexibility index (Phi) is 5.21. The number of thiazole rings is 1. The molecule has 146 valence electrons. The Morgan fingerprint density at radius 3 is 2.72 bits per heavy atom. The Hall–Kier alpha value is -2.97. The molecule has 0 fully saturated rings. The van der Waals surface area contributed by atoms with Gasteiger partial charge in [0.1, 0.15) is 6.54 Å². The number of rotatable bonds is 4. The molecule has 1 aliphatic heterocycles. The molecule has 29 heavy (non-hydrogen) atoms. The van der Waals surface area contributed by atoms with Gasteiger partial charge in [-0.25, -0.2) is 0 Å². The average Bonchev–Trinajstić information content (AvgIpc) is 3.15.